The molecule has 6 aliphatic rings. The fourth-order valence-electron chi connectivity index (χ4n) is 13.8. The van der Waals surface area contributed by atoms with Crippen molar-refractivity contribution in [2.24, 2.45) is 74.1 Å². The van der Waals surface area contributed by atoms with Crippen LogP contribution in [-0.4, -0.2) is 52.0 Å². The minimum atomic E-state index is -3.43. The Labute approximate surface area is 351 Å². The molecule has 0 N–H and O–H groups in total. The number of rotatable bonds is 11. The Balaban J connectivity index is 0.000000221. The Morgan fingerprint density at radius 3 is 1.55 bits per heavy atom. The van der Waals surface area contributed by atoms with Gasteiger partial charge in [0.25, 0.3) is 10.1 Å². The maximum atomic E-state index is 12.1. The van der Waals surface area contributed by atoms with Crippen LogP contribution in [0, 0.1) is 69.0 Å². The van der Waals surface area contributed by atoms with E-state index in [9.17, 15) is 18.0 Å². The van der Waals surface area contributed by atoms with Crippen LogP contribution in [0.15, 0.2) is 29.4 Å². The molecule has 328 valence electrons. The van der Waals surface area contributed by atoms with Gasteiger partial charge in [0, 0.05) is 49.0 Å². The standard InChI is InChI=1S/C24H40O5S.C23H37N3O2/c1-16-9-12-24(5,19(15-16)11-14-28-30(6,26)27)21-10-13-23(4)17(2)7-8-20(23)22(21)29-18(3)25;1-15-8-11-23(5,18(14-15)10-13-25-26-24)20-9-12-22(4)16(2)6-7-19(22)21(20)28-17(3)27/h16,19-22H,2,7-15H2,1,3-6H3;15,18-21H,2,6-14H2,1,3-5H3/t16-,19-,20?,21?,22-,23+,24-;15-,18-,19?,20?,21-,22+,23-/m00/s1. The van der Waals surface area contributed by atoms with Crippen LogP contribution in [0.25, 0.3) is 10.4 Å². The number of carbonyl (C=O) groups is 2. The molecule has 0 aromatic heterocycles. The van der Waals surface area contributed by atoms with Crippen LogP contribution in [0.5, 0.6) is 0 Å². The van der Waals surface area contributed by atoms with Gasteiger partial charge in [0.15, 0.2) is 0 Å². The van der Waals surface area contributed by atoms with Crippen LogP contribution >= 0.6 is 0 Å². The van der Waals surface area contributed by atoms with Crippen LogP contribution in [0.3, 0.4) is 0 Å². The van der Waals surface area contributed by atoms with E-state index in [4.69, 9.17) is 19.2 Å². The van der Waals surface area contributed by atoms with Gasteiger partial charge >= 0.3 is 11.9 Å². The quantitative estimate of drug-likeness (QED) is 0.0503. The summed E-state index contributed by atoms with van der Waals surface area (Å²) in [6, 6.07) is 0. The van der Waals surface area contributed by atoms with Crippen LogP contribution in [-0.2, 0) is 33.4 Å². The average Bonchev–Trinajstić information content (AvgIpc) is 3.61. The molecule has 0 aliphatic heterocycles. The van der Waals surface area contributed by atoms with Gasteiger partial charge in [-0.2, -0.15) is 8.42 Å². The third-order valence-corrected chi connectivity index (χ3v) is 18.2. The fourth-order valence-corrected chi connectivity index (χ4v) is 14.2. The van der Waals surface area contributed by atoms with E-state index in [1.54, 1.807) is 6.92 Å². The highest BCUT2D eigenvalue weighted by atomic mass is 32.2. The summed E-state index contributed by atoms with van der Waals surface area (Å²) in [7, 11) is -3.43. The smallest absolute Gasteiger partial charge is 0.302 e. The van der Waals surface area contributed by atoms with Crippen molar-refractivity contribution in [1.29, 1.82) is 0 Å². The summed E-state index contributed by atoms with van der Waals surface area (Å²) < 4.78 is 40.2. The van der Waals surface area contributed by atoms with E-state index in [2.05, 4.69) is 64.7 Å². The summed E-state index contributed by atoms with van der Waals surface area (Å²) >= 11 is 0. The molecule has 0 spiro atoms. The normalized spacial score (nSPS) is 42.6. The van der Waals surface area contributed by atoms with Gasteiger partial charge in [-0.3, -0.25) is 13.8 Å². The van der Waals surface area contributed by atoms with Gasteiger partial charge in [0.2, 0.25) is 0 Å². The maximum Gasteiger partial charge on any atom is 0.302 e. The number of allylic oxidation sites excluding steroid dienone is 2. The van der Waals surface area contributed by atoms with Crippen molar-refractivity contribution in [1.82, 2.24) is 0 Å². The topological polar surface area (TPSA) is 145 Å². The zero-order valence-electron chi connectivity index (χ0n) is 37.5. The lowest BCUT2D eigenvalue weighted by molar-refractivity contribution is -0.173. The lowest BCUT2D eigenvalue weighted by Crippen LogP contribution is -2.53. The number of hydrogen-bond donors (Lipinski definition) is 0. The highest BCUT2D eigenvalue weighted by Crippen LogP contribution is 2.64. The van der Waals surface area contributed by atoms with Gasteiger partial charge in [-0.15, -0.1) is 0 Å². The first-order valence-electron chi connectivity index (χ1n) is 22.6. The van der Waals surface area contributed by atoms with Crippen LogP contribution in [0.2, 0.25) is 0 Å². The molecule has 6 fully saturated rings. The molecule has 6 aliphatic carbocycles. The molecule has 4 unspecified atom stereocenters. The van der Waals surface area contributed by atoms with Gasteiger partial charge in [0.1, 0.15) is 12.2 Å². The summed E-state index contributed by atoms with van der Waals surface area (Å²) in [6.45, 7) is 26.6. The third kappa shape index (κ3) is 9.72. The first-order valence-corrected chi connectivity index (χ1v) is 24.5. The van der Waals surface area contributed by atoms with Crippen molar-refractivity contribution >= 4 is 22.1 Å². The molecule has 0 amide bonds. The van der Waals surface area contributed by atoms with Crippen molar-refractivity contribution in [3.05, 3.63) is 34.7 Å². The molecule has 0 bridgehead atoms. The Morgan fingerprint density at radius 1 is 0.724 bits per heavy atom. The van der Waals surface area contributed by atoms with E-state index in [0.717, 1.165) is 89.7 Å². The lowest BCUT2D eigenvalue weighted by Gasteiger charge is -2.56. The van der Waals surface area contributed by atoms with E-state index in [0.29, 0.717) is 53.9 Å². The molecule has 58 heavy (non-hydrogen) atoms. The largest absolute Gasteiger partial charge is 0.462 e. The number of fused-ring (bicyclic) bond motifs is 2. The Morgan fingerprint density at radius 2 is 1.16 bits per heavy atom. The number of carbonyl (C=O) groups excluding carboxylic acids is 2. The van der Waals surface area contributed by atoms with Crippen molar-refractivity contribution in [2.75, 3.05) is 19.4 Å². The zero-order valence-corrected chi connectivity index (χ0v) is 38.3. The molecule has 0 heterocycles. The molecule has 11 heteroatoms. The van der Waals surface area contributed by atoms with Crippen molar-refractivity contribution in [3.63, 3.8) is 0 Å². The summed E-state index contributed by atoms with van der Waals surface area (Å²) in [4.78, 5) is 27.1. The zero-order chi connectivity index (χ0) is 42.8. The number of azide groups is 1. The van der Waals surface area contributed by atoms with Crippen LogP contribution < -0.4 is 0 Å². The molecule has 6 rings (SSSR count). The highest BCUT2D eigenvalue weighted by molar-refractivity contribution is 7.85. The molecule has 0 aromatic rings. The summed E-state index contributed by atoms with van der Waals surface area (Å²) in [5, 5.41) is 3.83. The van der Waals surface area contributed by atoms with Gasteiger partial charge in [-0.1, -0.05) is 83.8 Å². The van der Waals surface area contributed by atoms with Gasteiger partial charge in [0.05, 0.1) is 12.9 Å². The van der Waals surface area contributed by atoms with Crippen molar-refractivity contribution in [2.45, 2.75) is 170 Å². The Hall–Kier alpha value is -2.36. The summed E-state index contributed by atoms with van der Waals surface area (Å²) in [6.07, 6.45) is 18.1. The van der Waals surface area contributed by atoms with Crippen LogP contribution in [0.1, 0.15) is 158 Å². The van der Waals surface area contributed by atoms with E-state index < -0.39 is 10.1 Å². The fraction of sp³-hybridized carbons (Fsp3) is 0.872. The van der Waals surface area contributed by atoms with Crippen molar-refractivity contribution in [3.8, 4) is 0 Å². The highest BCUT2D eigenvalue weighted by Gasteiger charge is 2.59. The second-order valence-electron chi connectivity index (χ2n) is 21.0. The lowest BCUT2D eigenvalue weighted by atomic mass is 9.51. The van der Waals surface area contributed by atoms with E-state index in [1.165, 1.54) is 37.3 Å². The number of ether oxygens (including phenoxy) is 2. The second kappa shape index (κ2) is 18.3. The van der Waals surface area contributed by atoms with Gasteiger partial charge in [-0.25, -0.2) is 0 Å². The predicted molar refractivity (Wildman–Crippen MR) is 230 cm³/mol. The second-order valence-corrected chi connectivity index (χ2v) is 22.6. The monoisotopic (exact) mass is 828 g/mol. The molecular weight excluding hydrogens is 751 g/mol. The first-order chi connectivity index (χ1) is 27.1. The van der Waals surface area contributed by atoms with Gasteiger partial charge in [-0.05, 0) is 141 Å². The molecule has 0 aromatic carbocycles. The maximum absolute atomic E-state index is 12.1. The molecule has 0 saturated heterocycles. The molecule has 0 radical (unpaired) electrons. The number of nitrogens with zero attached hydrogens (tertiary/aromatic N) is 3. The van der Waals surface area contributed by atoms with E-state index >= 15 is 0 Å². The summed E-state index contributed by atoms with van der Waals surface area (Å²) in [5.41, 5.74) is 11.7. The predicted octanol–water partition coefficient (Wildman–Crippen LogP) is 11.6. The van der Waals surface area contributed by atoms with E-state index in [1.807, 2.05) is 0 Å². The number of esters is 2. The minimum absolute atomic E-state index is 0.0126. The Bertz CT molecular complexity index is 1690. The minimum Gasteiger partial charge on any atom is -0.462 e. The van der Waals surface area contributed by atoms with E-state index in [-0.39, 0.29) is 52.4 Å². The molecule has 14 atom stereocenters. The van der Waals surface area contributed by atoms with Crippen molar-refractivity contribution < 1.29 is 31.7 Å². The Kier molecular flexibility index (Phi) is 14.8. The molecule has 6 saturated carbocycles. The van der Waals surface area contributed by atoms with Crippen LogP contribution in [0.4, 0.5) is 0 Å². The molecular formula is C47H77N3O7S. The molecule has 10 nitrogen and oxygen atoms in total. The number of hydrogen-bond acceptors (Lipinski definition) is 8. The van der Waals surface area contributed by atoms with Gasteiger partial charge < -0.3 is 9.47 Å². The SMILES string of the molecule is C=C1CCC2[C@H](OC(C)=O)C([C@@]3(C)CC[C@H](C)C[C@@H]3CCN=[N+]=[N-])CC[C@]12C.C=C1CCC2[C@H](OC(C)=O)C([C@@]3(C)CC[C@H](C)C[C@@H]3CCOS(C)(=O)=O)CC[C@]12C. The third-order valence-electron chi connectivity index (χ3n) is 17.6. The summed E-state index contributed by atoms with van der Waals surface area (Å²) in [5.74, 6) is 3.23. The first kappa shape index (κ1) is 46.7. The average molecular weight is 828 g/mol.